The Bertz CT molecular complexity index is 447. The molecule has 0 bridgehead atoms. The van der Waals surface area contributed by atoms with Gasteiger partial charge in [0.1, 0.15) is 12.1 Å². The Balaban J connectivity index is 2.42. The van der Waals surface area contributed by atoms with Gasteiger partial charge in [0.05, 0.1) is 0 Å². The molecular formula is C9H9N3O. The van der Waals surface area contributed by atoms with E-state index >= 15 is 0 Å². The molecule has 13 heavy (non-hydrogen) atoms. The number of pyridine rings is 1. The number of aromatic nitrogens is 3. The highest BCUT2D eigenvalue weighted by molar-refractivity contribution is 5.78. The summed E-state index contributed by atoms with van der Waals surface area (Å²) in [7, 11) is 0. The van der Waals surface area contributed by atoms with Gasteiger partial charge in [0, 0.05) is 12.6 Å². The molecule has 0 atom stereocenters. The molecule has 66 valence electrons. The minimum Gasteiger partial charge on any atom is -0.300 e. The van der Waals surface area contributed by atoms with Crippen LogP contribution in [0.3, 0.4) is 0 Å². The third kappa shape index (κ3) is 1.56. The highest BCUT2D eigenvalue weighted by Gasteiger charge is 1.99. The van der Waals surface area contributed by atoms with Crippen LogP contribution in [0.25, 0.3) is 5.65 Å². The van der Waals surface area contributed by atoms with Crippen LogP contribution in [0.2, 0.25) is 0 Å². The molecule has 0 N–H and O–H groups in total. The minimum atomic E-state index is 0.160. The van der Waals surface area contributed by atoms with Gasteiger partial charge < -0.3 is 0 Å². The lowest BCUT2D eigenvalue weighted by atomic mass is 10.1. The maximum Gasteiger partial charge on any atom is 0.160 e. The minimum absolute atomic E-state index is 0.160. The first-order valence-corrected chi connectivity index (χ1v) is 4.03. The lowest BCUT2D eigenvalue weighted by Gasteiger charge is -1.97. The monoisotopic (exact) mass is 175 g/mol. The first kappa shape index (κ1) is 7.91. The van der Waals surface area contributed by atoms with Crippen molar-refractivity contribution in [3.63, 3.8) is 0 Å². The van der Waals surface area contributed by atoms with Crippen LogP contribution in [-0.4, -0.2) is 20.4 Å². The van der Waals surface area contributed by atoms with Crippen LogP contribution < -0.4 is 0 Å². The van der Waals surface area contributed by atoms with Crippen LogP contribution in [-0.2, 0) is 11.2 Å². The molecule has 2 heterocycles. The molecule has 0 saturated carbocycles. The van der Waals surface area contributed by atoms with Crippen molar-refractivity contribution in [3.05, 3.63) is 30.2 Å². The molecule has 0 spiro atoms. The maximum atomic E-state index is 10.8. The zero-order chi connectivity index (χ0) is 9.26. The highest BCUT2D eigenvalue weighted by Crippen LogP contribution is 2.04. The molecule has 0 aliphatic rings. The van der Waals surface area contributed by atoms with Gasteiger partial charge in [-0.1, -0.05) is 6.07 Å². The van der Waals surface area contributed by atoms with Gasteiger partial charge in [-0.05, 0) is 18.6 Å². The molecule has 2 aromatic rings. The predicted molar refractivity (Wildman–Crippen MR) is 47.4 cm³/mol. The van der Waals surface area contributed by atoms with E-state index in [1.54, 1.807) is 17.7 Å². The summed E-state index contributed by atoms with van der Waals surface area (Å²) in [6.45, 7) is 1.58. The van der Waals surface area contributed by atoms with Crippen LogP contribution in [0.15, 0.2) is 24.7 Å². The third-order valence-corrected chi connectivity index (χ3v) is 1.81. The summed E-state index contributed by atoms with van der Waals surface area (Å²) in [5, 5.41) is 7.62. The molecule has 0 saturated heterocycles. The van der Waals surface area contributed by atoms with Crippen molar-refractivity contribution in [2.24, 2.45) is 0 Å². The number of Topliss-reactive ketones (excluding diaryl/α,β-unsaturated/α-hetero) is 1. The van der Waals surface area contributed by atoms with E-state index < -0.39 is 0 Å². The largest absolute Gasteiger partial charge is 0.300 e. The van der Waals surface area contributed by atoms with Crippen LogP contribution in [0.5, 0.6) is 0 Å². The van der Waals surface area contributed by atoms with Gasteiger partial charge in [0.25, 0.3) is 0 Å². The number of rotatable bonds is 2. The van der Waals surface area contributed by atoms with E-state index in [2.05, 4.69) is 10.2 Å². The fraction of sp³-hybridized carbons (Fsp3) is 0.222. The first-order chi connectivity index (χ1) is 6.25. The molecule has 0 fully saturated rings. The van der Waals surface area contributed by atoms with E-state index in [1.807, 2.05) is 18.3 Å². The smallest absolute Gasteiger partial charge is 0.160 e. The molecule has 2 aromatic heterocycles. The molecule has 4 heteroatoms. The van der Waals surface area contributed by atoms with E-state index in [0.29, 0.717) is 6.42 Å². The molecular weight excluding hydrogens is 166 g/mol. The number of carbonyl (C=O) groups is 1. The topological polar surface area (TPSA) is 47.3 Å². The van der Waals surface area contributed by atoms with Crippen molar-refractivity contribution in [2.75, 3.05) is 0 Å². The van der Waals surface area contributed by atoms with Crippen molar-refractivity contribution in [3.8, 4) is 0 Å². The van der Waals surface area contributed by atoms with Gasteiger partial charge in [0.2, 0.25) is 0 Å². The third-order valence-electron chi connectivity index (χ3n) is 1.81. The van der Waals surface area contributed by atoms with E-state index in [4.69, 9.17) is 0 Å². The SMILES string of the molecule is CC(=O)Cc1ccc2nncn2c1. The Morgan fingerprint density at radius 3 is 3.15 bits per heavy atom. The quantitative estimate of drug-likeness (QED) is 0.680. The Kier molecular flexibility index (Phi) is 1.81. The van der Waals surface area contributed by atoms with Crippen LogP contribution in [0.4, 0.5) is 0 Å². The zero-order valence-electron chi connectivity index (χ0n) is 7.27. The summed E-state index contributed by atoms with van der Waals surface area (Å²) in [5.41, 5.74) is 1.78. The van der Waals surface area contributed by atoms with E-state index in [-0.39, 0.29) is 5.78 Å². The molecule has 0 aromatic carbocycles. The number of ketones is 1. The van der Waals surface area contributed by atoms with Crippen molar-refractivity contribution in [1.29, 1.82) is 0 Å². The first-order valence-electron chi connectivity index (χ1n) is 4.03. The van der Waals surface area contributed by atoms with Crippen LogP contribution >= 0.6 is 0 Å². The summed E-state index contributed by atoms with van der Waals surface area (Å²) in [6.07, 6.45) is 3.96. The number of hydrogen-bond acceptors (Lipinski definition) is 3. The summed E-state index contributed by atoms with van der Waals surface area (Å²) in [5.74, 6) is 0.160. The lowest BCUT2D eigenvalue weighted by molar-refractivity contribution is -0.116. The Morgan fingerprint density at radius 2 is 2.38 bits per heavy atom. The van der Waals surface area contributed by atoms with Crippen molar-refractivity contribution in [2.45, 2.75) is 13.3 Å². The van der Waals surface area contributed by atoms with E-state index in [9.17, 15) is 4.79 Å². The number of carbonyl (C=O) groups excluding carboxylic acids is 1. The molecule has 0 aliphatic heterocycles. The molecule has 0 amide bonds. The summed E-state index contributed by atoms with van der Waals surface area (Å²) < 4.78 is 1.80. The molecule has 4 nitrogen and oxygen atoms in total. The number of fused-ring (bicyclic) bond motifs is 1. The second kappa shape index (κ2) is 2.97. The highest BCUT2D eigenvalue weighted by atomic mass is 16.1. The predicted octanol–water partition coefficient (Wildman–Crippen LogP) is 0.861. The van der Waals surface area contributed by atoms with E-state index in [0.717, 1.165) is 11.2 Å². The Hall–Kier alpha value is -1.71. The van der Waals surface area contributed by atoms with Gasteiger partial charge in [-0.2, -0.15) is 0 Å². The Labute approximate surface area is 75.2 Å². The van der Waals surface area contributed by atoms with Gasteiger partial charge in [-0.3, -0.25) is 9.20 Å². The number of hydrogen-bond donors (Lipinski definition) is 0. The molecule has 0 unspecified atom stereocenters. The normalized spacial score (nSPS) is 10.5. The van der Waals surface area contributed by atoms with E-state index in [1.165, 1.54) is 0 Å². The molecule has 0 aliphatic carbocycles. The number of nitrogens with zero attached hydrogens (tertiary/aromatic N) is 3. The van der Waals surface area contributed by atoms with Gasteiger partial charge in [0.15, 0.2) is 5.65 Å². The molecule has 2 rings (SSSR count). The average Bonchev–Trinajstić information content (AvgIpc) is 2.49. The summed E-state index contributed by atoms with van der Waals surface area (Å²) in [4.78, 5) is 10.8. The van der Waals surface area contributed by atoms with Crippen LogP contribution in [0.1, 0.15) is 12.5 Å². The molecule has 0 radical (unpaired) electrons. The zero-order valence-corrected chi connectivity index (χ0v) is 7.27. The Morgan fingerprint density at radius 1 is 1.54 bits per heavy atom. The summed E-state index contributed by atoms with van der Waals surface area (Å²) >= 11 is 0. The van der Waals surface area contributed by atoms with Gasteiger partial charge in [-0.25, -0.2) is 0 Å². The second-order valence-electron chi connectivity index (χ2n) is 3.01. The standard InChI is InChI=1S/C9H9N3O/c1-7(13)4-8-2-3-9-11-10-6-12(9)5-8/h2-3,5-6H,4H2,1H3. The van der Waals surface area contributed by atoms with Crippen LogP contribution in [0, 0.1) is 0 Å². The lowest BCUT2D eigenvalue weighted by Crippen LogP contribution is -1.97. The fourth-order valence-electron chi connectivity index (χ4n) is 1.27. The van der Waals surface area contributed by atoms with Gasteiger partial charge in [-0.15, -0.1) is 10.2 Å². The average molecular weight is 175 g/mol. The van der Waals surface area contributed by atoms with Crippen molar-refractivity contribution >= 4 is 11.4 Å². The summed E-state index contributed by atoms with van der Waals surface area (Å²) in [6, 6.07) is 3.75. The van der Waals surface area contributed by atoms with Crippen molar-refractivity contribution in [1.82, 2.24) is 14.6 Å². The van der Waals surface area contributed by atoms with Crippen molar-refractivity contribution < 1.29 is 4.79 Å². The fourth-order valence-corrected chi connectivity index (χ4v) is 1.27. The maximum absolute atomic E-state index is 10.8. The van der Waals surface area contributed by atoms with Gasteiger partial charge >= 0.3 is 0 Å². The second-order valence-corrected chi connectivity index (χ2v) is 3.01.